The molecule has 1 radical (unpaired) electrons. The van der Waals surface area contributed by atoms with Crippen molar-refractivity contribution < 1.29 is 4.74 Å². The van der Waals surface area contributed by atoms with Crippen molar-refractivity contribution >= 4 is 0 Å². The van der Waals surface area contributed by atoms with Crippen molar-refractivity contribution in [1.82, 2.24) is 4.90 Å². The smallest absolute Gasteiger partial charge is 0.0534 e. The number of benzene rings is 1. The van der Waals surface area contributed by atoms with Crippen molar-refractivity contribution in [3.8, 4) is 0 Å². The van der Waals surface area contributed by atoms with E-state index in [2.05, 4.69) is 48.6 Å². The monoisotopic (exact) mass is 272 g/mol. The SMILES string of the molecule is CC1(C2[CH]CCCN2Cc2ccccc2)CCCOC1. The lowest BCUT2D eigenvalue weighted by Gasteiger charge is -2.48. The van der Waals surface area contributed by atoms with Gasteiger partial charge >= 0.3 is 0 Å². The zero-order valence-electron chi connectivity index (χ0n) is 12.6. The minimum Gasteiger partial charge on any atom is -0.381 e. The lowest BCUT2D eigenvalue weighted by molar-refractivity contribution is -0.0496. The van der Waals surface area contributed by atoms with E-state index in [1.807, 2.05) is 0 Å². The van der Waals surface area contributed by atoms with Gasteiger partial charge < -0.3 is 4.74 Å². The Kier molecular flexibility index (Phi) is 4.42. The molecule has 2 atom stereocenters. The highest BCUT2D eigenvalue weighted by atomic mass is 16.5. The number of hydrogen-bond donors (Lipinski definition) is 0. The number of hydrogen-bond acceptors (Lipinski definition) is 2. The van der Waals surface area contributed by atoms with Crippen LogP contribution in [0.4, 0.5) is 0 Å². The maximum absolute atomic E-state index is 5.79. The maximum atomic E-state index is 5.79. The van der Waals surface area contributed by atoms with Gasteiger partial charge in [-0.1, -0.05) is 37.3 Å². The van der Waals surface area contributed by atoms with Crippen molar-refractivity contribution in [3.05, 3.63) is 42.3 Å². The fraction of sp³-hybridized carbons (Fsp3) is 0.611. The second kappa shape index (κ2) is 6.28. The van der Waals surface area contributed by atoms with Gasteiger partial charge in [-0.3, -0.25) is 4.90 Å². The summed E-state index contributed by atoms with van der Waals surface area (Å²) in [6.45, 7) is 6.56. The normalized spacial score (nSPS) is 32.1. The van der Waals surface area contributed by atoms with Crippen LogP contribution in [-0.4, -0.2) is 30.7 Å². The number of nitrogens with zero attached hydrogens (tertiary/aromatic N) is 1. The summed E-state index contributed by atoms with van der Waals surface area (Å²) in [5, 5.41) is 0. The van der Waals surface area contributed by atoms with Crippen LogP contribution in [-0.2, 0) is 11.3 Å². The van der Waals surface area contributed by atoms with Gasteiger partial charge in [0.2, 0.25) is 0 Å². The third-order valence-electron chi connectivity index (χ3n) is 4.84. The van der Waals surface area contributed by atoms with Gasteiger partial charge in [-0.15, -0.1) is 0 Å². The van der Waals surface area contributed by atoms with Gasteiger partial charge in [0, 0.05) is 24.6 Å². The first-order chi connectivity index (χ1) is 9.78. The van der Waals surface area contributed by atoms with Crippen LogP contribution in [0.3, 0.4) is 0 Å². The summed E-state index contributed by atoms with van der Waals surface area (Å²) in [4.78, 5) is 2.66. The Morgan fingerprint density at radius 2 is 2.10 bits per heavy atom. The van der Waals surface area contributed by atoms with Crippen LogP contribution in [0.2, 0.25) is 0 Å². The Morgan fingerprint density at radius 3 is 2.85 bits per heavy atom. The van der Waals surface area contributed by atoms with E-state index in [0.717, 1.165) is 19.8 Å². The van der Waals surface area contributed by atoms with E-state index in [9.17, 15) is 0 Å². The minimum atomic E-state index is 0.299. The van der Waals surface area contributed by atoms with Crippen molar-refractivity contribution in [2.75, 3.05) is 19.8 Å². The van der Waals surface area contributed by atoms with Gasteiger partial charge in [-0.05, 0) is 44.2 Å². The zero-order chi connectivity index (χ0) is 13.8. The van der Waals surface area contributed by atoms with Gasteiger partial charge in [-0.25, -0.2) is 0 Å². The summed E-state index contributed by atoms with van der Waals surface area (Å²) in [5.41, 5.74) is 1.72. The number of piperidine rings is 1. The molecule has 1 aromatic rings. The van der Waals surface area contributed by atoms with E-state index < -0.39 is 0 Å². The van der Waals surface area contributed by atoms with Crippen LogP contribution in [0.1, 0.15) is 38.2 Å². The number of ether oxygens (including phenoxy) is 1. The highest BCUT2D eigenvalue weighted by molar-refractivity contribution is 5.15. The lowest BCUT2D eigenvalue weighted by atomic mass is 9.73. The second-order valence-corrected chi connectivity index (χ2v) is 6.59. The predicted octanol–water partition coefficient (Wildman–Crippen LogP) is 3.67. The highest BCUT2D eigenvalue weighted by Gasteiger charge is 2.40. The molecule has 2 aliphatic rings. The van der Waals surface area contributed by atoms with Crippen molar-refractivity contribution in [1.29, 1.82) is 0 Å². The molecule has 0 spiro atoms. The third-order valence-corrected chi connectivity index (χ3v) is 4.84. The summed E-state index contributed by atoms with van der Waals surface area (Å²) >= 11 is 0. The highest BCUT2D eigenvalue weighted by Crippen LogP contribution is 2.39. The average Bonchev–Trinajstić information content (AvgIpc) is 2.49. The molecular formula is C18H26NO. The summed E-state index contributed by atoms with van der Waals surface area (Å²) in [6, 6.07) is 11.4. The molecule has 2 heteroatoms. The van der Waals surface area contributed by atoms with Crippen molar-refractivity contribution in [2.45, 2.75) is 45.2 Å². The van der Waals surface area contributed by atoms with Crippen LogP contribution in [0.25, 0.3) is 0 Å². The molecule has 0 bridgehead atoms. The van der Waals surface area contributed by atoms with E-state index in [0.29, 0.717) is 11.5 Å². The maximum Gasteiger partial charge on any atom is 0.0534 e. The summed E-state index contributed by atoms with van der Waals surface area (Å²) < 4.78 is 5.79. The molecule has 2 saturated heterocycles. The molecular weight excluding hydrogens is 246 g/mol. The van der Waals surface area contributed by atoms with Crippen LogP contribution in [0, 0.1) is 11.8 Å². The van der Waals surface area contributed by atoms with E-state index in [1.165, 1.54) is 37.8 Å². The standard InChI is InChI=1S/C18H26NO/c1-18(11-7-13-20-15-18)17-10-5-6-12-19(17)14-16-8-3-2-4-9-16/h2-4,8-10,17H,5-7,11-15H2,1H3. The molecule has 0 aromatic heterocycles. The summed E-state index contributed by atoms with van der Waals surface area (Å²) in [7, 11) is 0. The summed E-state index contributed by atoms with van der Waals surface area (Å²) in [5.74, 6) is 0. The van der Waals surface area contributed by atoms with E-state index >= 15 is 0 Å². The zero-order valence-corrected chi connectivity index (χ0v) is 12.6. The molecule has 0 amide bonds. The van der Waals surface area contributed by atoms with Gasteiger partial charge in [0.05, 0.1) is 6.61 Å². The van der Waals surface area contributed by atoms with Crippen molar-refractivity contribution in [3.63, 3.8) is 0 Å². The Labute approximate surface area is 123 Å². The Balaban J connectivity index is 1.73. The van der Waals surface area contributed by atoms with Crippen molar-refractivity contribution in [2.24, 2.45) is 5.41 Å². The molecule has 2 unspecified atom stereocenters. The van der Waals surface area contributed by atoms with Crippen LogP contribution in [0.15, 0.2) is 30.3 Å². The summed E-state index contributed by atoms with van der Waals surface area (Å²) in [6.07, 6.45) is 7.59. The number of rotatable bonds is 3. The number of likely N-dealkylation sites (tertiary alicyclic amines) is 1. The Bertz CT molecular complexity index is 411. The molecule has 0 saturated carbocycles. The fourth-order valence-corrected chi connectivity index (χ4v) is 3.77. The van der Waals surface area contributed by atoms with E-state index in [4.69, 9.17) is 4.74 Å². The predicted molar refractivity (Wildman–Crippen MR) is 82.3 cm³/mol. The van der Waals surface area contributed by atoms with Crippen LogP contribution in [0.5, 0.6) is 0 Å². The largest absolute Gasteiger partial charge is 0.381 e. The minimum absolute atomic E-state index is 0.299. The fourth-order valence-electron chi connectivity index (χ4n) is 3.77. The van der Waals surface area contributed by atoms with Crippen LogP contribution < -0.4 is 0 Å². The molecule has 1 aromatic carbocycles. The molecule has 2 nitrogen and oxygen atoms in total. The molecule has 2 aliphatic heterocycles. The molecule has 0 N–H and O–H groups in total. The Morgan fingerprint density at radius 1 is 1.25 bits per heavy atom. The van der Waals surface area contributed by atoms with Gasteiger partial charge in [0.15, 0.2) is 0 Å². The Hall–Kier alpha value is -0.860. The molecule has 0 aliphatic carbocycles. The van der Waals surface area contributed by atoms with Crippen LogP contribution >= 0.6 is 0 Å². The average molecular weight is 272 g/mol. The molecule has 3 rings (SSSR count). The van der Waals surface area contributed by atoms with E-state index in [1.54, 1.807) is 0 Å². The first-order valence-corrected chi connectivity index (χ1v) is 7.97. The first kappa shape index (κ1) is 14.1. The van der Waals surface area contributed by atoms with Gasteiger partial charge in [0.25, 0.3) is 0 Å². The topological polar surface area (TPSA) is 12.5 Å². The molecule has 109 valence electrons. The molecule has 2 heterocycles. The lowest BCUT2D eigenvalue weighted by Crippen LogP contribution is -2.52. The first-order valence-electron chi connectivity index (χ1n) is 7.97. The quantitative estimate of drug-likeness (QED) is 0.832. The second-order valence-electron chi connectivity index (χ2n) is 6.59. The molecule has 20 heavy (non-hydrogen) atoms. The van der Waals surface area contributed by atoms with Gasteiger partial charge in [-0.2, -0.15) is 0 Å². The van der Waals surface area contributed by atoms with Gasteiger partial charge in [0.1, 0.15) is 0 Å². The molecule has 2 fully saturated rings. The van der Waals surface area contributed by atoms with E-state index in [-0.39, 0.29) is 0 Å². The third kappa shape index (κ3) is 3.07.